The van der Waals surface area contributed by atoms with Gasteiger partial charge in [0, 0.05) is 24.8 Å². The van der Waals surface area contributed by atoms with Crippen LogP contribution in [0.5, 0.6) is 5.75 Å². The summed E-state index contributed by atoms with van der Waals surface area (Å²) in [5, 5.41) is 0. The van der Waals surface area contributed by atoms with Crippen molar-refractivity contribution in [2.45, 2.75) is 52.9 Å². The summed E-state index contributed by atoms with van der Waals surface area (Å²) in [5.41, 5.74) is 2.97. The Morgan fingerprint density at radius 2 is 1.85 bits per heavy atom. The Morgan fingerprint density at radius 1 is 1.19 bits per heavy atom. The first-order chi connectivity index (χ1) is 12.6. The zero-order chi connectivity index (χ0) is 20.1. The van der Waals surface area contributed by atoms with Gasteiger partial charge >= 0.3 is 0 Å². The molecule has 0 amide bonds. The van der Waals surface area contributed by atoms with Gasteiger partial charge in [-0.15, -0.1) is 0 Å². The predicted octanol–water partition coefficient (Wildman–Crippen LogP) is 4.26. The highest BCUT2D eigenvalue weighted by Crippen LogP contribution is 2.32. The van der Waals surface area contributed by atoms with Crippen molar-refractivity contribution in [3.05, 3.63) is 23.8 Å². The molecule has 154 valence electrons. The first kappa shape index (κ1) is 22.0. The molecule has 2 rings (SSSR count). The fourth-order valence-corrected chi connectivity index (χ4v) is 3.99. The lowest BCUT2D eigenvalue weighted by molar-refractivity contribution is 0.230. The number of nitrogens with zero attached hydrogens (tertiary/aromatic N) is 1. The maximum Gasteiger partial charge on any atom is 0.264 e. The molecule has 1 heterocycles. The van der Waals surface area contributed by atoms with E-state index in [1.807, 2.05) is 6.07 Å². The number of methoxy groups -OCH3 is 1. The van der Waals surface area contributed by atoms with Gasteiger partial charge in [-0.05, 0) is 55.1 Å². The highest BCUT2D eigenvalue weighted by Gasteiger charge is 2.23. The number of rotatable bonds is 8. The molecule has 0 N–H and O–H groups in total. The van der Waals surface area contributed by atoms with E-state index in [9.17, 15) is 8.42 Å². The van der Waals surface area contributed by atoms with E-state index in [1.54, 1.807) is 7.11 Å². The summed E-state index contributed by atoms with van der Waals surface area (Å²) >= 11 is 0. The normalized spacial score (nSPS) is 16.6. The molecule has 5 nitrogen and oxygen atoms in total. The van der Waals surface area contributed by atoms with E-state index in [-0.39, 0.29) is 0 Å². The lowest BCUT2D eigenvalue weighted by atomic mass is 9.88. The van der Waals surface area contributed by atoms with Crippen LogP contribution in [0.1, 0.15) is 52.0 Å². The molecule has 1 aliphatic heterocycles. The zero-order valence-corrected chi connectivity index (χ0v) is 18.3. The van der Waals surface area contributed by atoms with Gasteiger partial charge in [0.05, 0.1) is 20.0 Å². The molecular formula is C21H35NO4S. The summed E-state index contributed by atoms with van der Waals surface area (Å²) in [6, 6.07) is 6.37. The maximum atomic E-state index is 11.2. The van der Waals surface area contributed by atoms with Gasteiger partial charge in [0.1, 0.15) is 5.75 Å². The van der Waals surface area contributed by atoms with Crippen molar-refractivity contribution in [2.24, 2.45) is 11.3 Å². The van der Waals surface area contributed by atoms with Crippen LogP contribution in [0, 0.1) is 11.3 Å². The number of hydrogen-bond acceptors (Lipinski definition) is 5. The minimum absolute atomic E-state index is 0.295. The Kier molecular flexibility index (Phi) is 7.57. The van der Waals surface area contributed by atoms with Crippen molar-refractivity contribution < 1.29 is 17.3 Å². The van der Waals surface area contributed by atoms with Gasteiger partial charge in [0.2, 0.25) is 0 Å². The molecule has 1 aliphatic rings. The summed E-state index contributed by atoms with van der Waals surface area (Å²) in [6.45, 7) is 8.97. The van der Waals surface area contributed by atoms with Crippen LogP contribution >= 0.6 is 0 Å². The first-order valence-corrected chi connectivity index (χ1v) is 11.7. The first-order valence-electron chi connectivity index (χ1n) is 9.84. The molecule has 1 aromatic carbocycles. The van der Waals surface area contributed by atoms with Crippen LogP contribution in [0.3, 0.4) is 0 Å². The van der Waals surface area contributed by atoms with Gasteiger partial charge in [-0.25, -0.2) is 0 Å². The van der Waals surface area contributed by atoms with Crippen LogP contribution in [0.25, 0.3) is 0 Å². The van der Waals surface area contributed by atoms with E-state index in [4.69, 9.17) is 8.92 Å². The number of anilines is 1. The molecule has 0 aliphatic carbocycles. The second kappa shape index (κ2) is 9.28. The van der Waals surface area contributed by atoms with E-state index in [0.717, 1.165) is 44.4 Å². The molecule has 0 radical (unpaired) electrons. The Balaban J connectivity index is 2.01. The predicted molar refractivity (Wildman–Crippen MR) is 111 cm³/mol. The Bertz CT molecular complexity index is 701. The molecule has 0 aromatic heterocycles. The second-order valence-electron chi connectivity index (χ2n) is 8.83. The second-order valence-corrected chi connectivity index (χ2v) is 10.5. The van der Waals surface area contributed by atoms with Crippen molar-refractivity contribution in [3.63, 3.8) is 0 Å². The number of hydrogen-bond donors (Lipinski definition) is 0. The molecule has 0 bridgehead atoms. The van der Waals surface area contributed by atoms with Crippen molar-refractivity contribution in [1.29, 1.82) is 0 Å². The average Bonchev–Trinajstić information content (AvgIpc) is 2.59. The third-order valence-electron chi connectivity index (χ3n) is 5.14. The van der Waals surface area contributed by atoms with Crippen molar-refractivity contribution in [3.8, 4) is 5.75 Å². The lowest BCUT2D eigenvalue weighted by Gasteiger charge is -2.35. The highest BCUT2D eigenvalue weighted by atomic mass is 32.2. The van der Waals surface area contributed by atoms with Gasteiger partial charge < -0.3 is 9.64 Å². The van der Waals surface area contributed by atoms with E-state index in [1.165, 1.54) is 24.1 Å². The lowest BCUT2D eigenvalue weighted by Crippen LogP contribution is -2.36. The molecule has 1 fully saturated rings. The number of piperidine rings is 1. The van der Waals surface area contributed by atoms with Crippen LogP contribution in [-0.2, 0) is 20.7 Å². The summed E-state index contributed by atoms with van der Waals surface area (Å²) in [7, 11) is -1.66. The standard InChI is InChI=1S/C21H35NO4S/c1-21(2,3)12-6-7-18-8-9-19(25-4)15-20(18)22-13-10-17(11-14-22)16-26-27(5,23)24/h8-9,15,17H,6-7,10-14,16H2,1-5H3. The molecule has 6 heteroatoms. The fourth-order valence-electron chi connectivity index (χ4n) is 3.55. The fraction of sp³-hybridized carbons (Fsp3) is 0.714. The molecule has 0 unspecified atom stereocenters. The van der Waals surface area contributed by atoms with Crippen LogP contribution in [0.4, 0.5) is 5.69 Å². The minimum atomic E-state index is -3.36. The number of ether oxygens (including phenoxy) is 1. The summed E-state index contributed by atoms with van der Waals surface area (Å²) < 4.78 is 32.8. The average molecular weight is 398 g/mol. The Morgan fingerprint density at radius 3 is 2.41 bits per heavy atom. The quantitative estimate of drug-likeness (QED) is 0.614. The molecule has 1 aromatic rings. The topological polar surface area (TPSA) is 55.8 Å². The third-order valence-corrected chi connectivity index (χ3v) is 5.70. The van der Waals surface area contributed by atoms with Gasteiger partial charge in [-0.2, -0.15) is 8.42 Å². The molecule has 0 atom stereocenters. The summed E-state index contributed by atoms with van der Waals surface area (Å²) in [4.78, 5) is 2.41. The Hall–Kier alpha value is -1.27. The monoisotopic (exact) mass is 397 g/mol. The molecular weight excluding hydrogens is 362 g/mol. The van der Waals surface area contributed by atoms with Crippen molar-refractivity contribution in [1.82, 2.24) is 0 Å². The smallest absolute Gasteiger partial charge is 0.264 e. The van der Waals surface area contributed by atoms with Gasteiger partial charge in [0.15, 0.2) is 0 Å². The zero-order valence-electron chi connectivity index (χ0n) is 17.5. The van der Waals surface area contributed by atoms with Crippen molar-refractivity contribution >= 4 is 15.8 Å². The maximum absolute atomic E-state index is 11.2. The van der Waals surface area contributed by atoms with Crippen LogP contribution in [-0.4, -0.2) is 41.5 Å². The largest absolute Gasteiger partial charge is 0.497 e. The number of aryl methyl sites for hydroxylation is 1. The van der Waals surface area contributed by atoms with Crippen LogP contribution in [0.2, 0.25) is 0 Å². The summed E-state index contributed by atoms with van der Waals surface area (Å²) in [5.74, 6) is 1.18. The molecule has 1 saturated heterocycles. The van der Waals surface area contributed by atoms with Crippen LogP contribution in [0.15, 0.2) is 18.2 Å². The molecule has 0 spiro atoms. The molecule has 27 heavy (non-hydrogen) atoms. The van der Waals surface area contributed by atoms with E-state index < -0.39 is 10.1 Å². The SMILES string of the molecule is COc1ccc(CCCC(C)(C)C)c(N2CCC(COS(C)(=O)=O)CC2)c1. The highest BCUT2D eigenvalue weighted by molar-refractivity contribution is 7.85. The van der Waals surface area contributed by atoms with E-state index >= 15 is 0 Å². The van der Waals surface area contributed by atoms with E-state index in [0.29, 0.717) is 17.9 Å². The minimum Gasteiger partial charge on any atom is -0.497 e. The van der Waals surface area contributed by atoms with Gasteiger partial charge in [0.25, 0.3) is 10.1 Å². The van der Waals surface area contributed by atoms with Crippen LogP contribution < -0.4 is 9.64 Å². The van der Waals surface area contributed by atoms with Gasteiger partial charge in [-0.1, -0.05) is 26.8 Å². The Labute approximate surface area is 165 Å². The van der Waals surface area contributed by atoms with E-state index in [2.05, 4.69) is 37.8 Å². The number of benzene rings is 1. The van der Waals surface area contributed by atoms with Gasteiger partial charge in [-0.3, -0.25) is 4.18 Å². The third kappa shape index (κ3) is 7.70. The molecule has 0 saturated carbocycles. The summed E-state index contributed by atoms with van der Waals surface area (Å²) in [6.07, 6.45) is 6.42. The van der Waals surface area contributed by atoms with Crippen molar-refractivity contribution in [2.75, 3.05) is 38.0 Å².